The molecule has 0 aliphatic rings. The van der Waals surface area contributed by atoms with Crippen molar-refractivity contribution in [3.63, 3.8) is 0 Å². The highest BCUT2D eigenvalue weighted by Gasteiger charge is 2.10. The fourth-order valence-electron chi connectivity index (χ4n) is 2.49. The highest BCUT2D eigenvalue weighted by atomic mass is 16.5. The summed E-state index contributed by atoms with van der Waals surface area (Å²) in [5.41, 5.74) is 6.44. The van der Waals surface area contributed by atoms with Crippen molar-refractivity contribution in [2.45, 2.75) is 33.7 Å². The van der Waals surface area contributed by atoms with Gasteiger partial charge in [-0.1, -0.05) is 18.2 Å². The monoisotopic (exact) mass is 269 g/mol. The van der Waals surface area contributed by atoms with Gasteiger partial charge >= 0.3 is 0 Å². The molecule has 2 aromatic rings. The number of nitrogens with one attached hydrogen (secondary N) is 1. The second kappa shape index (κ2) is 6.00. The Morgan fingerprint density at radius 2 is 1.65 bits per heavy atom. The van der Waals surface area contributed by atoms with Gasteiger partial charge in [-0.3, -0.25) is 0 Å². The molecule has 0 aromatic heterocycles. The Morgan fingerprint density at radius 3 is 2.35 bits per heavy atom. The first kappa shape index (κ1) is 14.4. The number of anilines is 1. The second-order valence-corrected chi connectivity index (χ2v) is 5.39. The normalized spacial score (nSPS) is 12.1. The van der Waals surface area contributed by atoms with Crippen molar-refractivity contribution in [3.8, 4) is 5.75 Å². The van der Waals surface area contributed by atoms with Crippen LogP contribution in [-0.2, 0) is 0 Å². The molecule has 0 saturated carbocycles. The van der Waals surface area contributed by atoms with E-state index in [9.17, 15) is 0 Å². The van der Waals surface area contributed by atoms with Crippen LogP contribution >= 0.6 is 0 Å². The zero-order chi connectivity index (χ0) is 14.7. The molecule has 2 rings (SSSR count). The van der Waals surface area contributed by atoms with Gasteiger partial charge in [0.1, 0.15) is 5.75 Å². The predicted molar refractivity (Wildman–Crippen MR) is 85.7 cm³/mol. The molecule has 1 unspecified atom stereocenters. The lowest BCUT2D eigenvalue weighted by Gasteiger charge is -2.20. The van der Waals surface area contributed by atoms with Crippen LogP contribution in [0, 0.1) is 20.8 Å². The van der Waals surface area contributed by atoms with E-state index in [0.29, 0.717) is 0 Å². The van der Waals surface area contributed by atoms with E-state index in [0.717, 1.165) is 11.4 Å². The van der Waals surface area contributed by atoms with Gasteiger partial charge in [0.25, 0.3) is 0 Å². The number of ether oxygens (including phenoxy) is 1. The fourth-order valence-corrected chi connectivity index (χ4v) is 2.49. The Hall–Kier alpha value is -1.96. The molecule has 106 valence electrons. The third-order valence-electron chi connectivity index (χ3n) is 3.80. The van der Waals surface area contributed by atoms with Gasteiger partial charge in [-0.05, 0) is 62.1 Å². The topological polar surface area (TPSA) is 21.3 Å². The molecule has 0 aliphatic heterocycles. The Morgan fingerprint density at radius 1 is 0.950 bits per heavy atom. The van der Waals surface area contributed by atoms with Gasteiger partial charge in [0.15, 0.2) is 0 Å². The van der Waals surface area contributed by atoms with Crippen LogP contribution in [-0.4, -0.2) is 7.11 Å². The van der Waals surface area contributed by atoms with Crippen LogP contribution in [0.5, 0.6) is 5.75 Å². The molecule has 0 spiro atoms. The molecule has 2 nitrogen and oxygen atoms in total. The van der Waals surface area contributed by atoms with Crippen LogP contribution in [0.4, 0.5) is 5.69 Å². The minimum atomic E-state index is 0.265. The summed E-state index contributed by atoms with van der Waals surface area (Å²) in [5, 5.41) is 3.54. The molecule has 0 amide bonds. The molecule has 2 aromatic carbocycles. The van der Waals surface area contributed by atoms with Gasteiger partial charge in [0.2, 0.25) is 0 Å². The minimum absolute atomic E-state index is 0.265. The first-order chi connectivity index (χ1) is 9.51. The van der Waals surface area contributed by atoms with E-state index in [-0.39, 0.29) is 6.04 Å². The molecule has 0 saturated heterocycles. The molecule has 0 fully saturated rings. The SMILES string of the molecule is COc1cccc(NC(C)c2cc(C)c(C)cc2C)c1. The van der Waals surface area contributed by atoms with Gasteiger partial charge < -0.3 is 10.1 Å². The summed E-state index contributed by atoms with van der Waals surface area (Å²) in [5.74, 6) is 0.874. The summed E-state index contributed by atoms with van der Waals surface area (Å²) in [7, 11) is 1.69. The number of aryl methyl sites for hydroxylation is 3. The van der Waals surface area contributed by atoms with Gasteiger partial charge in [0.05, 0.1) is 7.11 Å². The Balaban J connectivity index is 2.23. The molecule has 20 heavy (non-hydrogen) atoms. The summed E-state index contributed by atoms with van der Waals surface area (Å²) in [6, 6.07) is 12.8. The smallest absolute Gasteiger partial charge is 0.120 e. The van der Waals surface area contributed by atoms with Gasteiger partial charge in [-0.2, -0.15) is 0 Å². The third-order valence-corrected chi connectivity index (χ3v) is 3.80. The average molecular weight is 269 g/mol. The van der Waals surface area contributed by atoms with Crippen molar-refractivity contribution in [1.82, 2.24) is 0 Å². The van der Waals surface area contributed by atoms with Crippen LogP contribution in [0.15, 0.2) is 36.4 Å². The van der Waals surface area contributed by atoms with E-state index in [1.165, 1.54) is 22.3 Å². The van der Waals surface area contributed by atoms with E-state index < -0.39 is 0 Å². The highest BCUT2D eigenvalue weighted by molar-refractivity contribution is 5.51. The number of rotatable bonds is 4. The fraction of sp³-hybridized carbons (Fsp3) is 0.333. The Bertz CT molecular complexity index is 604. The average Bonchev–Trinajstić information content (AvgIpc) is 2.43. The van der Waals surface area contributed by atoms with Crippen molar-refractivity contribution >= 4 is 5.69 Å². The molecule has 0 bridgehead atoms. The van der Waals surface area contributed by atoms with Crippen LogP contribution < -0.4 is 10.1 Å². The maximum atomic E-state index is 5.26. The van der Waals surface area contributed by atoms with Crippen molar-refractivity contribution in [1.29, 1.82) is 0 Å². The van der Waals surface area contributed by atoms with Gasteiger partial charge in [-0.15, -0.1) is 0 Å². The molecular weight excluding hydrogens is 246 g/mol. The first-order valence-electron chi connectivity index (χ1n) is 6.99. The van der Waals surface area contributed by atoms with Crippen LogP contribution in [0.25, 0.3) is 0 Å². The lowest BCUT2D eigenvalue weighted by Crippen LogP contribution is -2.09. The van der Waals surface area contributed by atoms with Crippen molar-refractivity contribution in [2.24, 2.45) is 0 Å². The number of hydrogen-bond donors (Lipinski definition) is 1. The van der Waals surface area contributed by atoms with Crippen LogP contribution in [0.3, 0.4) is 0 Å². The quantitative estimate of drug-likeness (QED) is 0.861. The molecule has 1 atom stereocenters. The summed E-state index contributed by atoms with van der Waals surface area (Å²) in [6.07, 6.45) is 0. The Labute approximate surface area is 121 Å². The molecule has 2 heteroatoms. The van der Waals surface area contributed by atoms with Gasteiger partial charge in [-0.25, -0.2) is 0 Å². The number of benzene rings is 2. The summed E-state index contributed by atoms with van der Waals surface area (Å²) in [6.45, 7) is 8.69. The van der Waals surface area contributed by atoms with Gasteiger partial charge in [0, 0.05) is 17.8 Å². The molecule has 0 radical (unpaired) electrons. The van der Waals surface area contributed by atoms with Crippen molar-refractivity contribution < 1.29 is 4.74 Å². The minimum Gasteiger partial charge on any atom is -0.497 e. The molecular formula is C18H23NO. The van der Waals surface area contributed by atoms with Crippen molar-refractivity contribution in [2.75, 3.05) is 12.4 Å². The van der Waals surface area contributed by atoms with E-state index in [1.54, 1.807) is 7.11 Å². The lowest BCUT2D eigenvalue weighted by molar-refractivity contribution is 0.415. The summed E-state index contributed by atoms with van der Waals surface area (Å²) < 4.78 is 5.26. The van der Waals surface area contributed by atoms with E-state index in [1.807, 2.05) is 18.2 Å². The van der Waals surface area contributed by atoms with E-state index in [2.05, 4.69) is 51.2 Å². The van der Waals surface area contributed by atoms with Crippen molar-refractivity contribution in [3.05, 3.63) is 58.7 Å². The second-order valence-electron chi connectivity index (χ2n) is 5.39. The highest BCUT2D eigenvalue weighted by Crippen LogP contribution is 2.26. The van der Waals surface area contributed by atoms with E-state index >= 15 is 0 Å². The third kappa shape index (κ3) is 3.13. The van der Waals surface area contributed by atoms with Crippen LogP contribution in [0.2, 0.25) is 0 Å². The van der Waals surface area contributed by atoms with E-state index in [4.69, 9.17) is 4.74 Å². The predicted octanol–water partition coefficient (Wildman–Crippen LogP) is 4.79. The zero-order valence-corrected chi connectivity index (χ0v) is 12.9. The molecule has 0 heterocycles. The molecule has 0 aliphatic carbocycles. The summed E-state index contributed by atoms with van der Waals surface area (Å²) >= 11 is 0. The zero-order valence-electron chi connectivity index (χ0n) is 12.9. The molecule has 1 N–H and O–H groups in total. The standard InChI is InChI=1S/C18H23NO/c1-12-9-14(3)18(10-13(12)2)15(4)19-16-7-6-8-17(11-16)20-5/h6-11,15,19H,1-5H3. The lowest BCUT2D eigenvalue weighted by atomic mass is 9.96. The van der Waals surface area contributed by atoms with Crippen LogP contribution in [0.1, 0.15) is 35.2 Å². The largest absolute Gasteiger partial charge is 0.497 e. The number of methoxy groups -OCH3 is 1. The Kier molecular flexibility index (Phi) is 4.33. The first-order valence-corrected chi connectivity index (χ1v) is 6.99. The maximum Gasteiger partial charge on any atom is 0.120 e. The summed E-state index contributed by atoms with van der Waals surface area (Å²) in [4.78, 5) is 0. The maximum absolute atomic E-state index is 5.26. The number of hydrogen-bond acceptors (Lipinski definition) is 2.